The smallest absolute Gasteiger partial charge is 0.300 e. The number of aryl methyl sites for hydroxylation is 2. The van der Waals surface area contributed by atoms with Gasteiger partial charge in [0.2, 0.25) is 0 Å². The zero-order valence-electron chi connectivity index (χ0n) is 17.6. The summed E-state index contributed by atoms with van der Waals surface area (Å²) < 4.78 is 0. The van der Waals surface area contributed by atoms with Crippen LogP contribution in [0.15, 0.2) is 78.5 Å². The number of Topliss-reactive ketones (excluding diaryl/α,β-unsaturated/α-hetero) is 1. The van der Waals surface area contributed by atoms with Gasteiger partial charge >= 0.3 is 0 Å². The second-order valence-corrected chi connectivity index (χ2v) is 7.49. The van der Waals surface area contributed by atoms with Crippen LogP contribution < -0.4 is 4.90 Å². The lowest BCUT2D eigenvalue weighted by atomic mass is 9.97. The third-order valence-corrected chi connectivity index (χ3v) is 5.67. The number of carbonyl (C=O) groups is 2. The van der Waals surface area contributed by atoms with Crippen molar-refractivity contribution in [2.24, 2.45) is 0 Å². The maximum absolute atomic E-state index is 13.1. The van der Waals surface area contributed by atoms with Crippen LogP contribution in [0.4, 0.5) is 5.69 Å². The molecule has 1 fully saturated rings. The highest BCUT2D eigenvalue weighted by atomic mass is 16.3. The number of carbonyl (C=O) groups excluding carboxylic acids is 2. The van der Waals surface area contributed by atoms with E-state index in [1.54, 1.807) is 36.5 Å². The summed E-state index contributed by atoms with van der Waals surface area (Å²) in [6, 6.07) is 19.4. The van der Waals surface area contributed by atoms with Crippen LogP contribution in [0.25, 0.3) is 5.76 Å². The zero-order chi connectivity index (χ0) is 22.0. The summed E-state index contributed by atoms with van der Waals surface area (Å²) in [6.07, 6.45) is 3.36. The zero-order valence-corrected chi connectivity index (χ0v) is 17.6. The fourth-order valence-electron chi connectivity index (χ4n) is 3.86. The Balaban J connectivity index is 1.88. The number of hydrogen-bond acceptors (Lipinski definition) is 4. The molecule has 1 aliphatic rings. The molecule has 156 valence electrons. The molecule has 1 aliphatic heterocycles. The van der Waals surface area contributed by atoms with Crippen molar-refractivity contribution in [1.29, 1.82) is 0 Å². The van der Waals surface area contributed by atoms with E-state index < -0.39 is 17.7 Å². The molecule has 0 saturated carbocycles. The molecule has 5 nitrogen and oxygen atoms in total. The molecule has 0 radical (unpaired) electrons. The van der Waals surface area contributed by atoms with Crippen LogP contribution in [0.1, 0.15) is 42.3 Å². The number of aromatic nitrogens is 1. The monoisotopic (exact) mass is 412 g/mol. The van der Waals surface area contributed by atoms with E-state index in [1.165, 1.54) is 4.90 Å². The highest BCUT2D eigenvalue weighted by molar-refractivity contribution is 6.51. The van der Waals surface area contributed by atoms with E-state index >= 15 is 0 Å². The summed E-state index contributed by atoms with van der Waals surface area (Å²) in [6.45, 7) is 4.10. The van der Waals surface area contributed by atoms with Crippen LogP contribution in [0, 0.1) is 0 Å². The Bertz CT molecular complexity index is 1130. The minimum atomic E-state index is -0.806. The van der Waals surface area contributed by atoms with E-state index in [2.05, 4.69) is 11.9 Å². The van der Waals surface area contributed by atoms with E-state index in [0.29, 0.717) is 16.9 Å². The third kappa shape index (κ3) is 3.75. The first-order valence-electron chi connectivity index (χ1n) is 10.4. The Hall–Kier alpha value is -3.73. The first-order valence-corrected chi connectivity index (χ1v) is 10.4. The molecule has 5 heteroatoms. The van der Waals surface area contributed by atoms with Gasteiger partial charge in [-0.3, -0.25) is 19.5 Å². The number of aliphatic hydroxyl groups excluding tert-OH is 1. The lowest BCUT2D eigenvalue weighted by Crippen LogP contribution is -2.29. The number of nitrogens with zero attached hydrogens (tertiary/aromatic N) is 2. The predicted molar refractivity (Wildman–Crippen MR) is 121 cm³/mol. The van der Waals surface area contributed by atoms with E-state index in [0.717, 1.165) is 24.0 Å². The van der Waals surface area contributed by atoms with Crippen LogP contribution in [0.3, 0.4) is 0 Å². The average Bonchev–Trinajstić information content (AvgIpc) is 3.09. The van der Waals surface area contributed by atoms with Gasteiger partial charge in [0.1, 0.15) is 11.8 Å². The molecule has 1 N–H and O–H groups in total. The lowest BCUT2D eigenvalue weighted by Gasteiger charge is -2.24. The maximum Gasteiger partial charge on any atom is 0.300 e. The molecular formula is C26H24N2O3. The van der Waals surface area contributed by atoms with Crippen molar-refractivity contribution in [3.8, 4) is 0 Å². The number of rotatable bonds is 5. The van der Waals surface area contributed by atoms with Gasteiger partial charge in [-0.1, -0.05) is 56.3 Å². The summed E-state index contributed by atoms with van der Waals surface area (Å²) in [5.74, 6) is -1.58. The molecule has 1 unspecified atom stereocenters. The Morgan fingerprint density at radius 3 is 2.06 bits per heavy atom. The van der Waals surface area contributed by atoms with E-state index in [4.69, 9.17) is 0 Å². The second-order valence-electron chi connectivity index (χ2n) is 7.49. The summed E-state index contributed by atoms with van der Waals surface area (Å²) in [5.41, 5.74) is 3.91. The highest BCUT2D eigenvalue weighted by Crippen LogP contribution is 2.41. The molecule has 3 aromatic rings. The van der Waals surface area contributed by atoms with Crippen LogP contribution >= 0.6 is 0 Å². The summed E-state index contributed by atoms with van der Waals surface area (Å²) in [4.78, 5) is 32.0. The molecule has 1 amide bonds. The van der Waals surface area contributed by atoms with Gasteiger partial charge in [0, 0.05) is 17.4 Å². The predicted octanol–water partition coefficient (Wildman–Crippen LogP) is 4.83. The molecule has 1 atom stereocenters. The molecule has 2 heterocycles. The van der Waals surface area contributed by atoms with Crippen molar-refractivity contribution in [2.45, 2.75) is 32.7 Å². The quantitative estimate of drug-likeness (QED) is 0.370. The molecule has 2 aromatic carbocycles. The molecule has 0 aliphatic carbocycles. The Morgan fingerprint density at radius 2 is 1.52 bits per heavy atom. The van der Waals surface area contributed by atoms with Crippen molar-refractivity contribution >= 4 is 23.1 Å². The first kappa shape index (κ1) is 20.5. The summed E-state index contributed by atoms with van der Waals surface area (Å²) >= 11 is 0. The Morgan fingerprint density at radius 1 is 0.903 bits per heavy atom. The number of pyridine rings is 1. The average molecular weight is 412 g/mol. The Kier molecular flexibility index (Phi) is 5.67. The van der Waals surface area contributed by atoms with Crippen molar-refractivity contribution < 1.29 is 14.7 Å². The minimum absolute atomic E-state index is 0.0486. The van der Waals surface area contributed by atoms with Crippen molar-refractivity contribution in [2.75, 3.05) is 4.90 Å². The molecule has 31 heavy (non-hydrogen) atoms. The largest absolute Gasteiger partial charge is 0.507 e. The van der Waals surface area contributed by atoms with Gasteiger partial charge in [-0.15, -0.1) is 0 Å². The second kappa shape index (κ2) is 8.56. The van der Waals surface area contributed by atoms with Crippen LogP contribution in [-0.2, 0) is 22.4 Å². The van der Waals surface area contributed by atoms with Crippen molar-refractivity contribution in [3.05, 3.63) is 101 Å². The minimum Gasteiger partial charge on any atom is -0.507 e. The van der Waals surface area contributed by atoms with Crippen LogP contribution in [-0.4, -0.2) is 21.8 Å². The molecule has 0 spiro atoms. The van der Waals surface area contributed by atoms with Crippen LogP contribution in [0.5, 0.6) is 0 Å². The number of aliphatic hydroxyl groups is 1. The van der Waals surface area contributed by atoms with Gasteiger partial charge in [0.15, 0.2) is 0 Å². The fourth-order valence-corrected chi connectivity index (χ4v) is 3.86. The molecule has 1 saturated heterocycles. The summed E-state index contributed by atoms with van der Waals surface area (Å²) in [5, 5.41) is 11.1. The highest BCUT2D eigenvalue weighted by Gasteiger charge is 2.47. The van der Waals surface area contributed by atoms with Gasteiger partial charge in [-0.2, -0.15) is 0 Å². The van der Waals surface area contributed by atoms with Crippen molar-refractivity contribution in [1.82, 2.24) is 4.98 Å². The standard InChI is InChI=1S/C26H24N2O3/c1-3-17-8-12-19(13-9-17)24(29)22-23(21-7-5-6-16-27-21)28(26(31)25(22)30)20-14-10-18(4-2)11-15-20/h5-16,23,29H,3-4H2,1-2H3/b24-22-. The van der Waals surface area contributed by atoms with Crippen LogP contribution in [0.2, 0.25) is 0 Å². The third-order valence-electron chi connectivity index (χ3n) is 5.67. The summed E-state index contributed by atoms with van der Waals surface area (Å²) in [7, 11) is 0. The Labute approximate surface area is 181 Å². The van der Waals surface area contributed by atoms with Gasteiger partial charge < -0.3 is 5.11 Å². The maximum atomic E-state index is 13.1. The molecule has 0 bridgehead atoms. The van der Waals surface area contributed by atoms with E-state index in [-0.39, 0.29) is 11.3 Å². The molecule has 4 rings (SSSR count). The van der Waals surface area contributed by atoms with Gasteiger partial charge in [0.25, 0.3) is 11.7 Å². The number of anilines is 1. The number of ketones is 1. The number of amides is 1. The van der Waals surface area contributed by atoms with E-state index in [1.807, 2.05) is 43.3 Å². The van der Waals surface area contributed by atoms with Gasteiger partial charge in [0.05, 0.1) is 11.3 Å². The molecule has 1 aromatic heterocycles. The lowest BCUT2D eigenvalue weighted by molar-refractivity contribution is -0.132. The first-order chi connectivity index (χ1) is 15.0. The van der Waals surface area contributed by atoms with Gasteiger partial charge in [-0.25, -0.2) is 0 Å². The normalized spacial score (nSPS) is 17.9. The SMILES string of the molecule is CCc1ccc(/C(O)=C2/C(=O)C(=O)N(c3ccc(CC)cc3)C2c2ccccn2)cc1. The van der Waals surface area contributed by atoms with Gasteiger partial charge in [-0.05, 0) is 48.2 Å². The molecular weight excluding hydrogens is 388 g/mol. The van der Waals surface area contributed by atoms with E-state index in [9.17, 15) is 14.7 Å². The fraction of sp³-hybridized carbons (Fsp3) is 0.192. The van der Waals surface area contributed by atoms with Crippen molar-refractivity contribution in [3.63, 3.8) is 0 Å². The number of hydrogen-bond donors (Lipinski definition) is 1. The number of benzene rings is 2. The topological polar surface area (TPSA) is 70.5 Å².